The topological polar surface area (TPSA) is 15.7 Å². The highest BCUT2D eigenvalue weighted by atomic mass is 16.5. The molecule has 0 aromatic carbocycles. The van der Waals surface area contributed by atoms with Crippen molar-refractivity contribution in [1.82, 2.24) is 9.80 Å². The van der Waals surface area contributed by atoms with Crippen molar-refractivity contribution in [3.63, 3.8) is 0 Å². The van der Waals surface area contributed by atoms with Gasteiger partial charge in [-0.15, -0.1) is 0 Å². The van der Waals surface area contributed by atoms with Gasteiger partial charge in [-0.2, -0.15) is 0 Å². The van der Waals surface area contributed by atoms with E-state index in [2.05, 4.69) is 23.6 Å². The highest BCUT2D eigenvalue weighted by molar-refractivity contribution is 4.89. The number of rotatable bonds is 3. The maximum absolute atomic E-state index is 5.42. The van der Waals surface area contributed by atoms with Crippen LogP contribution in [0.5, 0.6) is 0 Å². The summed E-state index contributed by atoms with van der Waals surface area (Å²) in [5.41, 5.74) is 0. The fourth-order valence-electron chi connectivity index (χ4n) is 2.81. The first-order valence-electron chi connectivity index (χ1n) is 6.21. The molecule has 0 aromatic heterocycles. The maximum Gasteiger partial charge on any atom is 0.0710 e. The molecule has 0 N–H and O–H groups in total. The minimum absolute atomic E-state index is 0.484. The molecule has 3 heteroatoms. The first kappa shape index (κ1) is 11.4. The van der Waals surface area contributed by atoms with Crippen LogP contribution < -0.4 is 0 Å². The Labute approximate surface area is 93.4 Å². The van der Waals surface area contributed by atoms with E-state index in [-0.39, 0.29) is 0 Å². The van der Waals surface area contributed by atoms with Crippen LogP contribution >= 0.6 is 0 Å². The molecule has 0 saturated carbocycles. The molecule has 15 heavy (non-hydrogen) atoms. The van der Waals surface area contributed by atoms with Crippen molar-refractivity contribution in [3.05, 3.63) is 0 Å². The summed E-state index contributed by atoms with van der Waals surface area (Å²) >= 11 is 0. The molecule has 2 aliphatic rings. The SMILES string of the molecule is CO[C@H]1CCN([C@@H]2CCN(C(C)C)C2)C1. The van der Waals surface area contributed by atoms with E-state index in [1.54, 1.807) is 0 Å². The van der Waals surface area contributed by atoms with Crippen molar-refractivity contribution >= 4 is 0 Å². The molecule has 3 nitrogen and oxygen atoms in total. The number of ether oxygens (including phenoxy) is 1. The summed E-state index contributed by atoms with van der Waals surface area (Å²) in [4.78, 5) is 5.21. The molecule has 88 valence electrons. The molecule has 2 atom stereocenters. The Kier molecular flexibility index (Phi) is 3.65. The molecule has 0 aromatic rings. The predicted octanol–water partition coefficient (Wildman–Crippen LogP) is 1.19. The van der Waals surface area contributed by atoms with Crippen LogP contribution in [0, 0.1) is 0 Å². The van der Waals surface area contributed by atoms with Crippen LogP contribution in [-0.2, 0) is 4.74 Å². The van der Waals surface area contributed by atoms with E-state index in [1.807, 2.05) is 7.11 Å². The van der Waals surface area contributed by atoms with E-state index < -0.39 is 0 Å². The van der Waals surface area contributed by atoms with Crippen LogP contribution in [0.15, 0.2) is 0 Å². The summed E-state index contributed by atoms with van der Waals surface area (Å²) in [6.45, 7) is 9.50. The second kappa shape index (κ2) is 4.81. The molecule has 2 aliphatic heterocycles. The van der Waals surface area contributed by atoms with Crippen LogP contribution in [-0.4, -0.2) is 61.3 Å². The molecule has 0 radical (unpaired) electrons. The highest BCUT2D eigenvalue weighted by Crippen LogP contribution is 2.22. The highest BCUT2D eigenvalue weighted by Gasteiger charge is 2.33. The van der Waals surface area contributed by atoms with Crippen molar-refractivity contribution < 1.29 is 4.74 Å². The zero-order valence-corrected chi connectivity index (χ0v) is 10.3. The fourth-order valence-corrected chi connectivity index (χ4v) is 2.81. The maximum atomic E-state index is 5.42. The van der Waals surface area contributed by atoms with E-state index in [4.69, 9.17) is 4.74 Å². The van der Waals surface area contributed by atoms with Gasteiger partial charge in [0.15, 0.2) is 0 Å². The lowest BCUT2D eigenvalue weighted by Crippen LogP contribution is -2.38. The minimum atomic E-state index is 0.484. The van der Waals surface area contributed by atoms with Crippen molar-refractivity contribution in [2.75, 3.05) is 33.3 Å². The van der Waals surface area contributed by atoms with Gasteiger partial charge in [-0.1, -0.05) is 0 Å². The third-order valence-electron chi connectivity index (χ3n) is 3.95. The Morgan fingerprint density at radius 1 is 1.13 bits per heavy atom. The Balaban J connectivity index is 1.81. The molecule has 0 amide bonds. The van der Waals surface area contributed by atoms with Gasteiger partial charge < -0.3 is 4.74 Å². The second-order valence-corrected chi connectivity index (χ2v) is 5.17. The van der Waals surface area contributed by atoms with Gasteiger partial charge in [-0.3, -0.25) is 9.80 Å². The number of hydrogen-bond acceptors (Lipinski definition) is 3. The van der Waals surface area contributed by atoms with Crippen molar-refractivity contribution in [2.45, 2.75) is 44.9 Å². The van der Waals surface area contributed by atoms with Crippen LogP contribution in [0.25, 0.3) is 0 Å². The van der Waals surface area contributed by atoms with Gasteiger partial charge in [0, 0.05) is 45.4 Å². The number of hydrogen-bond donors (Lipinski definition) is 0. The lowest BCUT2D eigenvalue weighted by atomic mass is 10.2. The molecule has 2 saturated heterocycles. The summed E-state index contributed by atoms with van der Waals surface area (Å²) in [5, 5.41) is 0. The fraction of sp³-hybridized carbons (Fsp3) is 1.00. The molecule has 0 bridgehead atoms. The van der Waals surface area contributed by atoms with E-state index in [0.29, 0.717) is 12.1 Å². The first-order valence-corrected chi connectivity index (χ1v) is 6.21. The third-order valence-corrected chi connectivity index (χ3v) is 3.95. The first-order chi connectivity index (χ1) is 7.20. The number of methoxy groups -OCH3 is 1. The lowest BCUT2D eigenvalue weighted by molar-refractivity contribution is 0.101. The molecule has 2 fully saturated rings. The zero-order chi connectivity index (χ0) is 10.8. The van der Waals surface area contributed by atoms with Gasteiger partial charge in [0.2, 0.25) is 0 Å². The Morgan fingerprint density at radius 2 is 1.93 bits per heavy atom. The van der Waals surface area contributed by atoms with E-state index in [9.17, 15) is 0 Å². The number of nitrogens with zero attached hydrogens (tertiary/aromatic N) is 2. The van der Waals surface area contributed by atoms with Gasteiger partial charge >= 0.3 is 0 Å². The molecular formula is C12H24N2O. The molecule has 0 aliphatic carbocycles. The summed E-state index contributed by atoms with van der Waals surface area (Å²) in [7, 11) is 1.84. The van der Waals surface area contributed by atoms with Gasteiger partial charge in [-0.05, 0) is 26.7 Å². The average molecular weight is 212 g/mol. The number of likely N-dealkylation sites (tertiary alicyclic amines) is 2. The Morgan fingerprint density at radius 3 is 2.47 bits per heavy atom. The quantitative estimate of drug-likeness (QED) is 0.699. The predicted molar refractivity (Wildman–Crippen MR) is 62.1 cm³/mol. The van der Waals surface area contributed by atoms with Crippen molar-refractivity contribution in [1.29, 1.82) is 0 Å². The molecular weight excluding hydrogens is 188 g/mol. The summed E-state index contributed by atoms with van der Waals surface area (Å²) in [6.07, 6.45) is 3.04. The Hall–Kier alpha value is -0.120. The average Bonchev–Trinajstić information content (AvgIpc) is 2.86. The standard InChI is InChI=1S/C12H24N2O/c1-10(2)13-6-4-11(8-13)14-7-5-12(9-14)15-3/h10-12H,4-9H2,1-3H3/t11-,12+/m1/s1. The van der Waals surface area contributed by atoms with E-state index in [1.165, 1.54) is 32.5 Å². The second-order valence-electron chi connectivity index (χ2n) is 5.17. The monoisotopic (exact) mass is 212 g/mol. The summed E-state index contributed by atoms with van der Waals surface area (Å²) in [6, 6.07) is 1.49. The van der Waals surface area contributed by atoms with Crippen LogP contribution in [0.1, 0.15) is 26.7 Å². The molecule has 0 unspecified atom stereocenters. The van der Waals surface area contributed by atoms with E-state index in [0.717, 1.165) is 12.6 Å². The largest absolute Gasteiger partial charge is 0.380 e. The molecule has 2 heterocycles. The summed E-state index contributed by atoms with van der Waals surface area (Å²) in [5.74, 6) is 0. The van der Waals surface area contributed by atoms with Crippen LogP contribution in [0.3, 0.4) is 0 Å². The zero-order valence-electron chi connectivity index (χ0n) is 10.3. The van der Waals surface area contributed by atoms with Gasteiger partial charge in [0.25, 0.3) is 0 Å². The van der Waals surface area contributed by atoms with Crippen molar-refractivity contribution in [2.24, 2.45) is 0 Å². The van der Waals surface area contributed by atoms with Crippen molar-refractivity contribution in [3.8, 4) is 0 Å². The van der Waals surface area contributed by atoms with E-state index >= 15 is 0 Å². The van der Waals surface area contributed by atoms with Gasteiger partial charge in [0.05, 0.1) is 6.10 Å². The van der Waals surface area contributed by atoms with Crippen LogP contribution in [0.4, 0.5) is 0 Å². The molecule has 0 spiro atoms. The lowest BCUT2D eigenvalue weighted by Gasteiger charge is -2.25. The minimum Gasteiger partial charge on any atom is -0.380 e. The smallest absolute Gasteiger partial charge is 0.0710 e. The third kappa shape index (κ3) is 2.52. The Bertz CT molecular complexity index is 208. The normalized spacial score (nSPS) is 34.4. The summed E-state index contributed by atoms with van der Waals surface area (Å²) < 4.78 is 5.42. The van der Waals surface area contributed by atoms with Crippen LogP contribution in [0.2, 0.25) is 0 Å². The van der Waals surface area contributed by atoms with Gasteiger partial charge in [-0.25, -0.2) is 0 Å². The molecule has 2 rings (SSSR count). The van der Waals surface area contributed by atoms with Gasteiger partial charge in [0.1, 0.15) is 0 Å².